The molecule has 1 amide bonds. The molecule has 0 radical (unpaired) electrons. The molecule has 8 nitrogen and oxygen atoms in total. The molecule has 0 unspecified atom stereocenters. The summed E-state index contributed by atoms with van der Waals surface area (Å²) in [5.41, 5.74) is -1.13. The number of rotatable bonds is 5. The first-order chi connectivity index (χ1) is 16.5. The van der Waals surface area contributed by atoms with Gasteiger partial charge in [0.25, 0.3) is 17.9 Å². The number of hydrogen-bond donors (Lipinski definition) is 1. The maximum atomic E-state index is 14.7. The number of benzene rings is 1. The summed E-state index contributed by atoms with van der Waals surface area (Å²) >= 11 is 0. The van der Waals surface area contributed by atoms with Crippen molar-refractivity contribution in [1.29, 1.82) is 0 Å². The van der Waals surface area contributed by atoms with E-state index in [0.717, 1.165) is 6.07 Å². The molecular formula is C23H24F3N5O3S. The molecule has 12 heteroatoms. The quantitative estimate of drug-likeness (QED) is 0.534. The molecule has 186 valence electrons. The minimum atomic E-state index is -2.96. The summed E-state index contributed by atoms with van der Waals surface area (Å²) in [6.45, 7) is 2.02. The van der Waals surface area contributed by atoms with Crippen molar-refractivity contribution in [2.45, 2.75) is 19.4 Å². The Kier molecular flexibility index (Phi) is 6.58. The van der Waals surface area contributed by atoms with E-state index in [4.69, 9.17) is 0 Å². The largest absolute Gasteiger partial charge is 0.363 e. The predicted octanol–water partition coefficient (Wildman–Crippen LogP) is 2.75. The van der Waals surface area contributed by atoms with Crippen LogP contribution in [0.15, 0.2) is 35.4 Å². The van der Waals surface area contributed by atoms with Crippen LogP contribution in [-0.4, -0.2) is 60.0 Å². The molecule has 3 aromatic rings. The summed E-state index contributed by atoms with van der Waals surface area (Å²) in [5.74, 6) is 2.86. The highest BCUT2D eigenvalue weighted by Crippen LogP contribution is 2.30. The Bertz CT molecular complexity index is 1460. The Morgan fingerprint density at radius 3 is 2.51 bits per heavy atom. The Morgan fingerprint density at radius 2 is 1.86 bits per heavy atom. The smallest absolute Gasteiger partial charge is 0.266 e. The Balaban J connectivity index is 1.73. The summed E-state index contributed by atoms with van der Waals surface area (Å²) in [5, 5.41) is 3.32. The van der Waals surface area contributed by atoms with Crippen LogP contribution in [0.25, 0.3) is 11.0 Å². The Labute approximate surface area is 199 Å². The molecule has 2 aromatic heterocycles. The summed E-state index contributed by atoms with van der Waals surface area (Å²) in [6, 6.07) is 4.37. The fraction of sp³-hybridized carbons (Fsp3) is 0.348. The van der Waals surface area contributed by atoms with Crippen molar-refractivity contribution in [3.63, 3.8) is 0 Å². The van der Waals surface area contributed by atoms with E-state index in [9.17, 15) is 27.0 Å². The molecule has 1 aliphatic rings. The molecule has 0 saturated carbocycles. The molecule has 1 N–H and O–H groups in total. The predicted molar refractivity (Wildman–Crippen MR) is 129 cm³/mol. The zero-order valence-electron chi connectivity index (χ0n) is 19.1. The lowest BCUT2D eigenvalue weighted by atomic mass is 10.0. The van der Waals surface area contributed by atoms with Crippen LogP contribution >= 0.6 is 0 Å². The average Bonchev–Trinajstić information content (AvgIpc) is 2.81. The topological polar surface area (TPSA) is 97.2 Å². The molecule has 1 fully saturated rings. The molecule has 1 atom stereocenters. The van der Waals surface area contributed by atoms with Crippen molar-refractivity contribution in [2.75, 3.05) is 29.9 Å². The van der Waals surface area contributed by atoms with Gasteiger partial charge < -0.3 is 10.2 Å². The molecule has 1 saturated heterocycles. The van der Waals surface area contributed by atoms with Gasteiger partial charge in [0.15, 0.2) is 0 Å². The van der Waals surface area contributed by atoms with E-state index in [1.54, 1.807) is 6.92 Å². The van der Waals surface area contributed by atoms with Gasteiger partial charge in [-0.25, -0.2) is 23.1 Å². The van der Waals surface area contributed by atoms with Crippen molar-refractivity contribution in [3.05, 3.63) is 63.5 Å². The number of fused-ring (bicyclic) bond motifs is 1. The van der Waals surface area contributed by atoms with Crippen molar-refractivity contribution in [2.24, 2.45) is 7.05 Å². The number of carbonyl (C=O) groups is 1. The van der Waals surface area contributed by atoms with Crippen LogP contribution in [0.1, 0.15) is 40.9 Å². The molecule has 35 heavy (non-hydrogen) atoms. The van der Waals surface area contributed by atoms with Crippen LogP contribution in [0, 0.1) is 5.82 Å². The van der Waals surface area contributed by atoms with Crippen LogP contribution in [0.3, 0.4) is 0 Å². The van der Waals surface area contributed by atoms with Gasteiger partial charge in [-0.1, -0.05) is 18.2 Å². The zero-order valence-corrected chi connectivity index (χ0v) is 19.9. The molecule has 3 heterocycles. The minimum Gasteiger partial charge on any atom is -0.363 e. The first-order valence-corrected chi connectivity index (χ1v) is 12.9. The van der Waals surface area contributed by atoms with Gasteiger partial charge in [0.05, 0.1) is 17.0 Å². The first kappa shape index (κ1) is 24.7. The second-order valence-electron chi connectivity index (χ2n) is 8.47. The molecule has 0 aliphatic carbocycles. The number of nitrogens with one attached hydrogen (secondary N) is 1. The minimum absolute atomic E-state index is 0.0146. The molecular weight excluding hydrogens is 483 g/mol. The molecule has 1 aromatic carbocycles. The standard InChI is InChI=1S/C23H24F3N5O3S/c1-13(14-5-4-6-15(18(14)24)19(25)26)29-20-16-11-17(22(32)30(2)21(16)28-12-27-20)23(33)31-7-9-35(3,34)10-8-31/h4-6,11-13,19H,3,7-10H2,1-2H3,(H,27,28,29)/t13-/m1/s1. The SMILES string of the molecule is C=S1(=O)CCN(C(=O)c2cc3c(N[C@H](C)c4cccc(C(F)F)c4F)ncnc3n(C)c2=O)CC1. The molecule has 0 bridgehead atoms. The van der Waals surface area contributed by atoms with Crippen LogP contribution in [0.5, 0.6) is 0 Å². The van der Waals surface area contributed by atoms with Crippen molar-refractivity contribution in [1.82, 2.24) is 19.4 Å². The van der Waals surface area contributed by atoms with E-state index < -0.39 is 44.8 Å². The van der Waals surface area contributed by atoms with E-state index in [1.165, 1.54) is 41.0 Å². The first-order valence-electron chi connectivity index (χ1n) is 10.8. The maximum Gasteiger partial charge on any atom is 0.266 e. The lowest BCUT2D eigenvalue weighted by Crippen LogP contribution is -2.45. The number of carbonyl (C=O) groups excluding carboxylic acids is 1. The number of pyridine rings is 1. The normalized spacial score (nSPS) is 16.5. The van der Waals surface area contributed by atoms with E-state index in [1.807, 2.05) is 0 Å². The fourth-order valence-corrected chi connectivity index (χ4v) is 5.34. The number of aromatic nitrogens is 3. The van der Waals surface area contributed by atoms with Gasteiger partial charge in [-0.15, -0.1) is 0 Å². The van der Waals surface area contributed by atoms with Crippen LogP contribution in [-0.2, 0) is 16.6 Å². The van der Waals surface area contributed by atoms with Gasteiger partial charge in [0.1, 0.15) is 29.2 Å². The Morgan fingerprint density at radius 1 is 1.20 bits per heavy atom. The number of nitrogens with zero attached hydrogens (tertiary/aromatic N) is 4. The van der Waals surface area contributed by atoms with E-state index in [-0.39, 0.29) is 47.2 Å². The van der Waals surface area contributed by atoms with Gasteiger partial charge in [0.2, 0.25) is 0 Å². The highest BCUT2D eigenvalue weighted by Gasteiger charge is 2.27. The molecule has 0 spiro atoms. The van der Waals surface area contributed by atoms with Crippen LogP contribution in [0.4, 0.5) is 19.0 Å². The van der Waals surface area contributed by atoms with Gasteiger partial charge >= 0.3 is 0 Å². The van der Waals surface area contributed by atoms with Crippen LogP contribution < -0.4 is 10.9 Å². The van der Waals surface area contributed by atoms with Crippen LogP contribution in [0.2, 0.25) is 0 Å². The number of aryl methyl sites for hydroxylation is 1. The number of alkyl halides is 2. The van der Waals surface area contributed by atoms with Gasteiger partial charge in [-0.2, -0.15) is 0 Å². The van der Waals surface area contributed by atoms with Crippen molar-refractivity contribution in [3.8, 4) is 0 Å². The van der Waals surface area contributed by atoms with E-state index in [2.05, 4.69) is 21.2 Å². The number of anilines is 1. The third-order valence-electron chi connectivity index (χ3n) is 6.10. The molecule has 1 aliphatic heterocycles. The maximum absolute atomic E-state index is 14.7. The highest BCUT2D eigenvalue weighted by atomic mass is 32.2. The fourth-order valence-electron chi connectivity index (χ4n) is 4.03. The summed E-state index contributed by atoms with van der Waals surface area (Å²) in [6.07, 6.45) is -1.75. The van der Waals surface area contributed by atoms with Gasteiger partial charge in [-0.05, 0) is 28.4 Å². The Hall–Kier alpha value is -3.41. The number of hydrogen-bond acceptors (Lipinski definition) is 6. The third kappa shape index (κ3) is 4.75. The zero-order chi connectivity index (χ0) is 25.5. The third-order valence-corrected chi connectivity index (χ3v) is 7.95. The highest BCUT2D eigenvalue weighted by molar-refractivity contribution is 8.00. The van der Waals surface area contributed by atoms with Gasteiger partial charge in [0, 0.05) is 37.2 Å². The van der Waals surface area contributed by atoms with E-state index >= 15 is 0 Å². The average molecular weight is 508 g/mol. The summed E-state index contributed by atoms with van der Waals surface area (Å²) in [7, 11) is -0.763. The molecule has 4 rings (SSSR count). The second kappa shape index (κ2) is 9.33. The lowest BCUT2D eigenvalue weighted by Gasteiger charge is -2.29. The summed E-state index contributed by atoms with van der Waals surface area (Å²) in [4.78, 5) is 35.9. The number of amides is 1. The number of halogens is 3. The van der Waals surface area contributed by atoms with Crippen molar-refractivity contribution < 1.29 is 22.2 Å². The van der Waals surface area contributed by atoms with E-state index in [0.29, 0.717) is 5.39 Å². The monoisotopic (exact) mass is 507 g/mol. The van der Waals surface area contributed by atoms with Gasteiger partial charge in [-0.3, -0.25) is 18.4 Å². The lowest BCUT2D eigenvalue weighted by molar-refractivity contribution is 0.0769. The van der Waals surface area contributed by atoms with Crippen molar-refractivity contribution >= 4 is 38.2 Å². The summed E-state index contributed by atoms with van der Waals surface area (Å²) < 4.78 is 54.3. The second-order valence-corrected chi connectivity index (χ2v) is 11.2.